The normalized spacial score (nSPS) is 17.1. The van der Waals surface area contributed by atoms with Gasteiger partial charge in [-0.05, 0) is 121 Å². The highest BCUT2D eigenvalue weighted by Gasteiger charge is 2.40. The van der Waals surface area contributed by atoms with Gasteiger partial charge in [-0.25, -0.2) is 0 Å². The molecule has 32 heteroatoms. The van der Waals surface area contributed by atoms with Gasteiger partial charge in [0.25, 0.3) is 0 Å². The fraction of sp³-hybridized carbons (Fsp3) is 0.766. The minimum absolute atomic E-state index is 0.0288. The van der Waals surface area contributed by atoms with Gasteiger partial charge < -0.3 is 95.7 Å². The van der Waals surface area contributed by atoms with Crippen LogP contribution in [0.15, 0.2) is 0 Å². The van der Waals surface area contributed by atoms with Gasteiger partial charge >= 0.3 is 0 Å². The Morgan fingerprint density at radius 1 is 0.469 bits per heavy atom. The molecule has 1 heterocycles. The van der Waals surface area contributed by atoms with E-state index < -0.39 is 180 Å². The highest BCUT2D eigenvalue weighted by molar-refractivity contribution is 6.00. The van der Waals surface area contributed by atoms with E-state index >= 15 is 0 Å². The van der Waals surface area contributed by atoms with Crippen molar-refractivity contribution in [1.29, 1.82) is 0 Å². The molecule has 0 bridgehead atoms. The third-order valence-corrected chi connectivity index (χ3v) is 16.0. The molecular formula is C64H115N16O16. The maximum atomic E-state index is 14.4. The van der Waals surface area contributed by atoms with Crippen molar-refractivity contribution in [2.45, 2.75) is 247 Å². The van der Waals surface area contributed by atoms with Gasteiger partial charge in [0.2, 0.25) is 82.7 Å². The van der Waals surface area contributed by atoms with Crippen molar-refractivity contribution in [3.05, 3.63) is 6.54 Å². The van der Waals surface area contributed by atoms with Crippen molar-refractivity contribution < 1.29 is 77.3 Å². The van der Waals surface area contributed by atoms with E-state index in [0.29, 0.717) is 38.6 Å². The molecule has 0 spiro atoms. The Labute approximate surface area is 565 Å². The van der Waals surface area contributed by atoms with Gasteiger partial charge in [-0.3, -0.25) is 67.1 Å². The molecule has 0 saturated carbocycles. The summed E-state index contributed by atoms with van der Waals surface area (Å²) >= 11 is 0. The number of amides is 14. The first kappa shape index (κ1) is 86.4. The highest BCUT2D eigenvalue weighted by Crippen LogP contribution is 2.21. The number of carbonyl (C=O) groups is 14. The zero-order chi connectivity index (χ0) is 73.4. The molecule has 1 aliphatic heterocycles. The molecule has 0 aromatic carbocycles. The predicted molar refractivity (Wildman–Crippen MR) is 357 cm³/mol. The Bertz CT molecular complexity index is 2600. The van der Waals surface area contributed by atoms with Crippen LogP contribution in [0, 0.1) is 42.1 Å². The lowest BCUT2D eigenvalue weighted by atomic mass is 9.98. The molecule has 0 aromatic rings. The van der Waals surface area contributed by atoms with Crippen LogP contribution in [0.3, 0.4) is 0 Å². The van der Waals surface area contributed by atoms with Crippen LogP contribution in [-0.2, 0) is 67.1 Å². The standard InChI is InChI=1S/C64H115N16O16/c1-17-37(13)51(75-46(83)29-66)59(91)68-30-47(84)70-38(14)54(86)76-49(35(9)10)61(93)73-42(26-32(3)4)56(88)72-41(22-19-20-24-65)55(87)77-50(36(11)12)62(94)74-43(27-33(5)6)57(89)78-53(40(16)82)63(95)79-52(39(15)81)60(92)69-31-48(85)71-44(28-34(7)8)64(96)80-25-21-23-45(80)58(90)67-18-2/h18,32-45,49-53,81-82H,17,19-31,65-66H2,1-16H3,(H,67,90)(H,68,91)(H,69,92)(H,70,84)(H,71,85)(H,72,88)(H,73,93)(H,74,94)(H,75,83)(H,76,86)(H,77,87)(H,78,89)(H,79,95)/t37-,38-,39+,40+,41-,42-,43-,44-,45-,49-,50-,51-,52-,53-/m0/s1. The summed E-state index contributed by atoms with van der Waals surface area (Å²) in [7, 11) is 0. The molecule has 547 valence electrons. The summed E-state index contributed by atoms with van der Waals surface area (Å²) in [5.74, 6) is -12.7. The van der Waals surface area contributed by atoms with Crippen molar-refractivity contribution in [3.8, 4) is 0 Å². The summed E-state index contributed by atoms with van der Waals surface area (Å²) in [5.41, 5.74) is 11.2. The number of nitrogens with zero attached hydrogens (tertiary/aromatic N) is 1. The zero-order valence-electron chi connectivity index (χ0n) is 59.2. The van der Waals surface area contributed by atoms with Crippen LogP contribution < -0.4 is 80.6 Å². The molecule has 1 saturated heterocycles. The molecule has 1 fully saturated rings. The average molecular weight is 1360 g/mol. The van der Waals surface area contributed by atoms with E-state index in [4.69, 9.17) is 11.5 Å². The lowest BCUT2D eigenvalue weighted by Crippen LogP contribution is -2.63. The minimum atomic E-state index is -1.79. The van der Waals surface area contributed by atoms with Crippen molar-refractivity contribution in [3.63, 3.8) is 0 Å². The molecular weight excluding hydrogens is 1250 g/mol. The first-order valence-corrected chi connectivity index (χ1v) is 33.6. The second-order valence-electron chi connectivity index (χ2n) is 26.7. The number of hydrogen-bond acceptors (Lipinski definition) is 18. The van der Waals surface area contributed by atoms with Gasteiger partial charge in [0.1, 0.15) is 66.5 Å². The van der Waals surface area contributed by atoms with Crippen LogP contribution in [0.1, 0.15) is 169 Å². The molecule has 0 unspecified atom stereocenters. The Balaban J connectivity index is 3.31. The van der Waals surface area contributed by atoms with Gasteiger partial charge in [-0.15, -0.1) is 0 Å². The molecule has 14 amide bonds. The number of rotatable bonds is 43. The summed E-state index contributed by atoms with van der Waals surface area (Å²) in [6.45, 7) is 26.6. The van der Waals surface area contributed by atoms with Gasteiger partial charge in [-0.2, -0.15) is 0 Å². The molecule has 0 aromatic heterocycles. The number of likely N-dealkylation sites (tertiary alicyclic amines) is 1. The second kappa shape index (κ2) is 43.6. The number of carbonyl (C=O) groups excluding carboxylic acids is 14. The molecule has 32 nitrogen and oxygen atoms in total. The maximum Gasteiger partial charge on any atom is 0.245 e. The maximum absolute atomic E-state index is 14.4. The van der Waals surface area contributed by atoms with Crippen LogP contribution in [0.25, 0.3) is 0 Å². The SMILES string of the molecule is C[CH]NC(=O)[C@@H]1CCCN1C(=O)[C@H](CC(C)C)NC(=O)CNC(=O)[C@@H](NC(=O)[C@@H](NC(=O)[C@H](CC(C)C)NC(=O)[C@@H](NC(=O)[C@H](CCCCN)NC(=O)[C@H](CC(C)C)NC(=O)[C@@H](NC(=O)[C@H](C)NC(=O)CNC(=O)[C@@H](NC(=O)CN)[C@@H](C)CC)C(C)C)C(C)C)[C@@H](C)O)[C@@H](C)O. The van der Waals surface area contributed by atoms with Gasteiger partial charge in [0.05, 0.1) is 31.8 Å². The van der Waals surface area contributed by atoms with Gasteiger partial charge in [0, 0.05) is 13.1 Å². The Morgan fingerprint density at radius 3 is 1.34 bits per heavy atom. The average Bonchev–Trinajstić information content (AvgIpc) is 1.43. The summed E-state index contributed by atoms with van der Waals surface area (Å²) < 4.78 is 0. The van der Waals surface area contributed by atoms with E-state index in [1.165, 1.54) is 32.2 Å². The molecule has 0 aliphatic carbocycles. The molecule has 14 atom stereocenters. The van der Waals surface area contributed by atoms with E-state index in [-0.39, 0.29) is 68.4 Å². The summed E-state index contributed by atoms with van der Waals surface area (Å²) in [6, 6.07) is -14.1. The first-order valence-electron chi connectivity index (χ1n) is 33.6. The number of aliphatic hydroxyl groups excluding tert-OH is 2. The van der Waals surface area contributed by atoms with Crippen molar-refractivity contribution in [1.82, 2.24) is 74.0 Å². The number of nitrogens with one attached hydrogen (secondary N) is 13. The Morgan fingerprint density at radius 2 is 0.885 bits per heavy atom. The molecule has 96 heavy (non-hydrogen) atoms. The monoisotopic (exact) mass is 1360 g/mol. The van der Waals surface area contributed by atoms with E-state index in [1.807, 2.05) is 20.8 Å². The Hall–Kier alpha value is -7.58. The van der Waals surface area contributed by atoms with E-state index in [2.05, 4.69) is 69.1 Å². The van der Waals surface area contributed by atoms with E-state index in [9.17, 15) is 77.3 Å². The van der Waals surface area contributed by atoms with Gasteiger partial charge in [0.15, 0.2) is 0 Å². The largest absolute Gasteiger partial charge is 0.391 e. The van der Waals surface area contributed by atoms with E-state index in [0.717, 1.165) is 0 Å². The van der Waals surface area contributed by atoms with Crippen LogP contribution in [0.4, 0.5) is 0 Å². The summed E-state index contributed by atoms with van der Waals surface area (Å²) in [5, 5.41) is 54.7. The molecule has 19 N–H and O–H groups in total. The lowest BCUT2D eigenvalue weighted by molar-refractivity contribution is -0.141. The third kappa shape index (κ3) is 30.2. The van der Waals surface area contributed by atoms with Crippen LogP contribution in [-0.4, -0.2) is 209 Å². The second-order valence-corrected chi connectivity index (χ2v) is 26.7. The topological polar surface area (TPSA) is 491 Å². The molecule has 1 rings (SSSR count). The first-order chi connectivity index (χ1) is 44.8. The Kier molecular flexibility index (Phi) is 39.2. The molecule has 1 aliphatic rings. The fourth-order valence-corrected chi connectivity index (χ4v) is 10.4. The third-order valence-electron chi connectivity index (χ3n) is 16.0. The summed E-state index contributed by atoms with van der Waals surface area (Å²) in [6.07, 6.45) is -0.660. The van der Waals surface area contributed by atoms with Crippen molar-refractivity contribution in [2.75, 3.05) is 32.7 Å². The van der Waals surface area contributed by atoms with Crippen molar-refractivity contribution >= 4 is 82.7 Å². The fourth-order valence-electron chi connectivity index (χ4n) is 10.4. The van der Waals surface area contributed by atoms with Crippen LogP contribution >= 0.6 is 0 Å². The van der Waals surface area contributed by atoms with Crippen LogP contribution in [0.2, 0.25) is 0 Å². The minimum Gasteiger partial charge on any atom is -0.391 e. The van der Waals surface area contributed by atoms with Crippen LogP contribution in [0.5, 0.6) is 0 Å². The van der Waals surface area contributed by atoms with Gasteiger partial charge in [-0.1, -0.05) is 89.5 Å². The number of unbranched alkanes of at least 4 members (excludes halogenated alkanes) is 1. The zero-order valence-corrected chi connectivity index (χ0v) is 59.2. The number of nitrogens with two attached hydrogens (primary N) is 2. The molecule has 1 radical (unpaired) electrons. The smallest absolute Gasteiger partial charge is 0.245 e. The van der Waals surface area contributed by atoms with E-state index in [1.54, 1.807) is 69.2 Å². The number of hydrogen-bond donors (Lipinski definition) is 17. The van der Waals surface area contributed by atoms with Crippen molar-refractivity contribution in [2.24, 2.45) is 47.0 Å². The quantitative estimate of drug-likeness (QED) is 0.0266. The summed E-state index contributed by atoms with van der Waals surface area (Å²) in [4.78, 5) is 191. The number of aliphatic hydroxyl groups is 2. The predicted octanol–water partition coefficient (Wildman–Crippen LogP) is -3.28. The highest BCUT2D eigenvalue weighted by atomic mass is 16.3. The lowest BCUT2D eigenvalue weighted by Gasteiger charge is -2.30.